The van der Waals surface area contributed by atoms with Gasteiger partial charge in [-0.1, -0.05) is 23.2 Å². The molecule has 1 aliphatic rings. The molecule has 1 unspecified atom stereocenters. The molecule has 1 N–H and O–H groups in total. The minimum absolute atomic E-state index is 0.174. The van der Waals surface area contributed by atoms with Crippen LogP contribution in [0.2, 0.25) is 10.0 Å². The Morgan fingerprint density at radius 3 is 2.52 bits per heavy atom. The lowest BCUT2D eigenvalue weighted by Gasteiger charge is -2.23. The number of benzene rings is 2. The van der Waals surface area contributed by atoms with Gasteiger partial charge >= 0.3 is 0 Å². The molecule has 33 heavy (non-hydrogen) atoms. The number of amides is 1. The van der Waals surface area contributed by atoms with Gasteiger partial charge in [0, 0.05) is 11.3 Å². The lowest BCUT2D eigenvalue weighted by atomic mass is 9.99. The highest BCUT2D eigenvalue weighted by Gasteiger charge is 2.48. The molecule has 3 aromatic rings. The maximum Gasteiger partial charge on any atom is 0.300 e. The second-order valence-electron chi connectivity index (χ2n) is 7.29. The molecule has 1 saturated heterocycles. The topological polar surface area (TPSA) is 80.0 Å². The number of ether oxygens (including phenoxy) is 1. The highest BCUT2D eigenvalue weighted by Crippen LogP contribution is 2.43. The molecule has 2 heterocycles. The number of carbonyl (C=O) groups is 2. The van der Waals surface area contributed by atoms with E-state index in [0.29, 0.717) is 23.1 Å². The van der Waals surface area contributed by atoms with Crippen molar-refractivity contribution in [3.05, 3.63) is 87.1 Å². The zero-order chi connectivity index (χ0) is 23.9. The largest absolute Gasteiger partial charge is 0.507 e. The molecule has 1 atom stereocenters. The summed E-state index contributed by atoms with van der Waals surface area (Å²) in [5, 5.41) is 11.3. The summed E-state index contributed by atoms with van der Waals surface area (Å²) in [6, 6.07) is 10.3. The SMILES string of the molecule is CCOc1cc(/C(O)=C2/C(=O)C(=O)N(c3ccc(F)c(Cl)c3)C2c2ccc(C)o2)ccc1Cl. The molecule has 170 valence electrons. The first-order valence-electron chi connectivity index (χ1n) is 9.98. The first-order valence-corrected chi connectivity index (χ1v) is 10.7. The van der Waals surface area contributed by atoms with Crippen molar-refractivity contribution in [1.82, 2.24) is 0 Å². The van der Waals surface area contributed by atoms with Crippen molar-refractivity contribution in [2.45, 2.75) is 19.9 Å². The Morgan fingerprint density at radius 2 is 1.88 bits per heavy atom. The van der Waals surface area contributed by atoms with Crippen molar-refractivity contribution in [3.8, 4) is 5.75 Å². The van der Waals surface area contributed by atoms with Crippen LogP contribution >= 0.6 is 23.2 Å². The van der Waals surface area contributed by atoms with Gasteiger partial charge in [0.25, 0.3) is 11.7 Å². The minimum Gasteiger partial charge on any atom is -0.507 e. The van der Waals surface area contributed by atoms with E-state index in [-0.39, 0.29) is 27.6 Å². The van der Waals surface area contributed by atoms with E-state index < -0.39 is 29.3 Å². The van der Waals surface area contributed by atoms with Crippen LogP contribution in [0.1, 0.15) is 30.0 Å². The molecule has 0 aliphatic carbocycles. The first kappa shape index (κ1) is 22.9. The summed E-state index contributed by atoms with van der Waals surface area (Å²) in [5.74, 6) is -1.86. The maximum atomic E-state index is 13.7. The molecule has 0 saturated carbocycles. The van der Waals surface area contributed by atoms with Crippen LogP contribution in [0.4, 0.5) is 10.1 Å². The molecule has 0 spiro atoms. The van der Waals surface area contributed by atoms with E-state index in [9.17, 15) is 19.1 Å². The maximum absolute atomic E-state index is 13.7. The fourth-order valence-electron chi connectivity index (χ4n) is 3.68. The highest BCUT2D eigenvalue weighted by molar-refractivity contribution is 6.51. The van der Waals surface area contributed by atoms with Gasteiger partial charge in [-0.2, -0.15) is 0 Å². The molecule has 9 heteroatoms. The molecule has 1 aliphatic heterocycles. The number of aryl methyl sites for hydroxylation is 1. The Balaban J connectivity index is 1.92. The molecular weight excluding hydrogens is 472 g/mol. The quantitative estimate of drug-likeness (QED) is 0.267. The summed E-state index contributed by atoms with van der Waals surface area (Å²) in [7, 11) is 0. The molecule has 2 aromatic carbocycles. The zero-order valence-electron chi connectivity index (χ0n) is 17.6. The number of rotatable bonds is 5. The van der Waals surface area contributed by atoms with E-state index in [4.69, 9.17) is 32.4 Å². The summed E-state index contributed by atoms with van der Waals surface area (Å²) in [6.07, 6.45) is 0. The van der Waals surface area contributed by atoms with E-state index in [1.165, 1.54) is 30.3 Å². The van der Waals surface area contributed by atoms with Crippen LogP contribution in [-0.2, 0) is 9.59 Å². The number of aliphatic hydroxyl groups excluding tert-OH is 1. The average Bonchev–Trinajstić information content (AvgIpc) is 3.32. The van der Waals surface area contributed by atoms with Gasteiger partial charge in [0.1, 0.15) is 34.9 Å². The number of ketones is 1. The molecule has 0 bridgehead atoms. The predicted octanol–water partition coefficient (Wildman–Crippen LogP) is 6.06. The molecule has 1 fully saturated rings. The van der Waals surface area contributed by atoms with Gasteiger partial charge < -0.3 is 14.3 Å². The summed E-state index contributed by atoms with van der Waals surface area (Å²) >= 11 is 12.1. The number of Topliss-reactive ketones (excluding diaryl/α,β-unsaturated/α-hetero) is 1. The zero-order valence-corrected chi connectivity index (χ0v) is 19.1. The predicted molar refractivity (Wildman–Crippen MR) is 122 cm³/mol. The number of anilines is 1. The number of aliphatic hydroxyl groups is 1. The van der Waals surface area contributed by atoms with Gasteiger partial charge in [-0.3, -0.25) is 14.5 Å². The Labute approximate surface area is 198 Å². The van der Waals surface area contributed by atoms with Crippen LogP contribution in [0.15, 0.2) is 58.5 Å². The molecule has 1 amide bonds. The van der Waals surface area contributed by atoms with Gasteiger partial charge in [-0.25, -0.2) is 4.39 Å². The fourth-order valence-corrected chi connectivity index (χ4v) is 4.02. The average molecular weight is 490 g/mol. The number of furan rings is 1. The first-order chi connectivity index (χ1) is 15.7. The lowest BCUT2D eigenvalue weighted by molar-refractivity contribution is -0.132. The van der Waals surface area contributed by atoms with Crippen LogP contribution in [0.25, 0.3) is 5.76 Å². The third-order valence-corrected chi connectivity index (χ3v) is 5.76. The smallest absolute Gasteiger partial charge is 0.300 e. The normalized spacial score (nSPS) is 17.6. The molecule has 6 nitrogen and oxygen atoms in total. The van der Waals surface area contributed by atoms with Crippen LogP contribution in [0.3, 0.4) is 0 Å². The third-order valence-electron chi connectivity index (χ3n) is 5.16. The highest BCUT2D eigenvalue weighted by atomic mass is 35.5. The monoisotopic (exact) mass is 489 g/mol. The van der Waals surface area contributed by atoms with Crippen LogP contribution < -0.4 is 9.64 Å². The van der Waals surface area contributed by atoms with Crippen LogP contribution in [-0.4, -0.2) is 23.4 Å². The number of carbonyl (C=O) groups excluding carboxylic acids is 2. The van der Waals surface area contributed by atoms with Gasteiger partial charge in [0.2, 0.25) is 0 Å². The second-order valence-corrected chi connectivity index (χ2v) is 8.11. The van der Waals surface area contributed by atoms with Crippen LogP contribution in [0.5, 0.6) is 5.75 Å². The Hall–Kier alpha value is -3.29. The summed E-state index contributed by atoms with van der Waals surface area (Å²) < 4.78 is 24.9. The second kappa shape index (κ2) is 8.92. The van der Waals surface area contributed by atoms with Crippen molar-refractivity contribution in [2.24, 2.45) is 0 Å². The molecule has 1 aromatic heterocycles. The Morgan fingerprint density at radius 1 is 1.12 bits per heavy atom. The number of hydrogen-bond donors (Lipinski definition) is 1. The van der Waals surface area contributed by atoms with E-state index in [0.717, 1.165) is 11.0 Å². The fraction of sp³-hybridized carbons (Fsp3) is 0.167. The van der Waals surface area contributed by atoms with Crippen molar-refractivity contribution in [2.75, 3.05) is 11.5 Å². The van der Waals surface area contributed by atoms with Gasteiger partial charge in [0.05, 0.1) is 22.2 Å². The van der Waals surface area contributed by atoms with Gasteiger partial charge in [-0.15, -0.1) is 0 Å². The number of nitrogens with zero attached hydrogens (tertiary/aromatic N) is 1. The van der Waals surface area contributed by atoms with Gasteiger partial charge in [0.15, 0.2) is 0 Å². The van der Waals surface area contributed by atoms with Crippen molar-refractivity contribution in [3.63, 3.8) is 0 Å². The van der Waals surface area contributed by atoms with E-state index in [2.05, 4.69) is 0 Å². The van der Waals surface area contributed by atoms with Crippen molar-refractivity contribution >= 4 is 46.3 Å². The summed E-state index contributed by atoms with van der Waals surface area (Å²) in [4.78, 5) is 27.3. The molecule has 4 rings (SSSR count). The van der Waals surface area contributed by atoms with E-state index in [1.807, 2.05) is 0 Å². The summed E-state index contributed by atoms with van der Waals surface area (Å²) in [5.41, 5.74) is 0.207. The van der Waals surface area contributed by atoms with E-state index >= 15 is 0 Å². The van der Waals surface area contributed by atoms with Crippen molar-refractivity contribution in [1.29, 1.82) is 0 Å². The number of hydrogen-bond acceptors (Lipinski definition) is 5. The minimum atomic E-state index is -1.11. The third kappa shape index (κ3) is 4.10. The number of halogens is 3. The Bertz CT molecular complexity index is 1300. The Kier molecular flexibility index (Phi) is 6.19. The molecular formula is C24H18Cl2FNO5. The molecule has 0 radical (unpaired) electrons. The van der Waals surface area contributed by atoms with Crippen LogP contribution in [0, 0.1) is 12.7 Å². The van der Waals surface area contributed by atoms with E-state index in [1.54, 1.807) is 26.0 Å². The van der Waals surface area contributed by atoms with Gasteiger partial charge in [-0.05, 0) is 62.4 Å². The summed E-state index contributed by atoms with van der Waals surface area (Å²) in [6.45, 7) is 3.82. The standard InChI is InChI=1S/C24H18Cl2FNO5/c1-3-32-19-10-13(5-7-15(19)25)22(29)20-21(18-9-4-12(2)33-18)28(24(31)23(20)30)14-6-8-17(27)16(26)11-14/h4-11,21,29H,3H2,1-2H3/b22-20-. The van der Waals surface area contributed by atoms with Crippen molar-refractivity contribution < 1.29 is 28.2 Å². The lowest BCUT2D eigenvalue weighted by Crippen LogP contribution is -2.29.